The first-order chi connectivity index (χ1) is 12.1. The van der Waals surface area contributed by atoms with Crippen LogP contribution in [0.2, 0.25) is 5.02 Å². The van der Waals surface area contributed by atoms with Gasteiger partial charge in [-0.3, -0.25) is 4.79 Å². The Labute approximate surface area is 148 Å². The molecule has 1 aromatic heterocycles. The van der Waals surface area contributed by atoms with Crippen LogP contribution in [-0.4, -0.2) is 38.1 Å². The van der Waals surface area contributed by atoms with E-state index in [0.717, 1.165) is 0 Å². The van der Waals surface area contributed by atoms with E-state index in [1.807, 2.05) is 0 Å². The average molecular weight is 357 g/mol. The number of tetrazole rings is 1. The molecule has 0 aliphatic heterocycles. The maximum atomic E-state index is 12.5. The largest absolute Gasteiger partial charge is 0.451 e. The summed E-state index contributed by atoms with van der Waals surface area (Å²) in [5.74, 6) is -0.982. The molecule has 1 atom stereocenters. The number of halogens is 1. The summed E-state index contributed by atoms with van der Waals surface area (Å²) in [4.78, 5) is 24.9. The van der Waals surface area contributed by atoms with Gasteiger partial charge < -0.3 is 4.74 Å². The van der Waals surface area contributed by atoms with Crippen molar-refractivity contribution in [2.45, 2.75) is 13.0 Å². The lowest BCUT2D eigenvalue weighted by Crippen LogP contribution is -2.25. The molecule has 8 heteroatoms. The Morgan fingerprint density at radius 3 is 2.68 bits per heavy atom. The lowest BCUT2D eigenvalue weighted by Gasteiger charge is -2.14. The molecule has 0 saturated carbocycles. The number of Topliss-reactive ketones (excluding diaryl/α,β-unsaturated/α-hetero) is 1. The zero-order valence-corrected chi connectivity index (χ0v) is 13.9. The van der Waals surface area contributed by atoms with Gasteiger partial charge in [-0.05, 0) is 41.6 Å². The van der Waals surface area contributed by atoms with E-state index in [2.05, 4.69) is 15.5 Å². The molecule has 0 unspecified atom stereocenters. The average Bonchev–Trinajstić information content (AvgIpc) is 3.15. The summed E-state index contributed by atoms with van der Waals surface area (Å²) in [7, 11) is 0. The molecule has 25 heavy (non-hydrogen) atoms. The molecule has 0 N–H and O–H groups in total. The van der Waals surface area contributed by atoms with Crippen molar-refractivity contribution in [1.29, 1.82) is 0 Å². The Balaban J connectivity index is 1.80. The normalized spacial score (nSPS) is 11.8. The molecular weight excluding hydrogens is 344 g/mol. The third-order valence-corrected chi connectivity index (χ3v) is 3.72. The van der Waals surface area contributed by atoms with Gasteiger partial charge in [0.1, 0.15) is 6.33 Å². The fraction of sp³-hybridized carbons (Fsp3) is 0.118. The highest BCUT2D eigenvalue weighted by molar-refractivity contribution is 6.31. The monoisotopic (exact) mass is 356 g/mol. The molecule has 0 fully saturated rings. The first kappa shape index (κ1) is 16.8. The standard InChI is InChI=1S/C17H13ClN4O3/c1-11(16(23)12-5-4-6-13(18)9-12)25-17(24)14-7-2-3-8-15(14)22-10-19-20-21-22/h2-11H,1H3/t11-/m0/s1. The van der Waals surface area contributed by atoms with E-state index >= 15 is 0 Å². The van der Waals surface area contributed by atoms with E-state index in [-0.39, 0.29) is 11.3 Å². The summed E-state index contributed by atoms with van der Waals surface area (Å²) in [6, 6.07) is 13.2. The van der Waals surface area contributed by atoms with Crippen LogP contribution in [0.3, 0.4) is 0 Å². The van der Waals surface area contributed by atoms with Gasteiger partial charge in [-0.2, -0.15) is 4.68 Å². The van der Waals surface area contributed by atoms with E-state index in [9.17, 15) is 9.59 Å². The molecule has 0 spiro atoms. The molecule has 3 rings (SSSR count). The van der Waals surface area contributed by atoms with Gasteiger partial charge in [-0.25, -0.2) is 4.79 Å². The lowest BCUT2D eigenvalue weighted by atomic mass is 10.1. The molecule has 126 valence electrons. The molecule has 0 saturated heterocycles. The van der Waals surface area contributed by atoms with Crippen LogP contribution in [-0.2, 0) is 4.74 Å². The van der Waals surface area contributed by atoms with Crippen LogP contribution in [0.5, 0.6) is 0 Å². The number of carbonyl (C=O) groups excluding carboxylic acids is 2. The second-order valence-electron chi connectivity index (χ2n) is 5.19. The molecule has 0 radical (unpaired) electrons. The molecule has 0 bridgehead atoms. The number of para-hydroxylation sites is 1. The molecular formula is C17H13ClN4O3. The van der Waals surface area contributed by atoms with E-state index in [4.69, 9.17) is 16.3 Å². The van der Waals surface area contributed by atoms with Crippen molar-refractivity contribution in [2.24, 2.45) is 0 Å². The van der Waals surface area contributed by atoms with Gasteiger partial charge in [-0.15, -0.1) is 5.10 Å². The molecule has 3 aromatic rings. The van der Waals surface area contributed by atoms with E-state index in [1.54, 1.807) is 42.5 Å². The quantitative estimate of drug-likeness (QED) is 0.516. The SMILES string of the molecule is C[C@H](OC(=O)c1ccccc1-n1cnnn1)C(=O)c1cccc(Cl)c1. The molecule has 0 aliphatic carbocycles. The summed E-state index contributed by atoms with van der Waals surface area (Å²) < 4.78 is 6.66. The molecule has 2 aromatic carbocycles. The van der Waals surface area contributed by atoms with Crippen LogP contribution in [0, 0.1) is 0 Å². The summed E-state index contributed by atoms with van der Waals surface area (Å²) in [5, 5.41) is 11.3. The van der Waals surface area contributed by atoms with Crippen molar-refractivity contribution in [3.63, 3.8) is 0 Å². The molecule has 1 heterocycles. The van der Waals surface area contributed by atoms with Gasteiger partial charge in [0.15, 0.2) is 6.10 Å². The van der Waals surface area contributed by atoms with Gasteiger partial charge in [0.05, 0.1) is 11.3 Å². The number of hydrogen-bond acceptors (Lipinski definition) is 6. The number of ketones is 1. The number of aromatic nitrogens is 4. The van der Waals surface area contributed by atoms with Crippen molar-refractivity contribution in [3.05, 3.63) is 71.0 Å². The van der Waals surface area contributed by atoms with Crippen LogP contribution >= 0.6 is 11.6 Å². The number of hydrogen-bond donors (Lipinski definition) is 0. The second kappa shape index (κ2) is 7.23. The zero-order chi connectivity index (χ0) is 17.8. The summed E-state index contributed by atoms with van der Waals surface area (Å²) in [6.07, 6.45) is 0.403. The summed E-state index contributed by atoms with van der Waals surface area (Å²) in [5.41, 5.74) is 1.09. The van der Waals surface area contributed by atoms with Crippen molar-refractivity contribution in [1.82, 2.24) is 20.2 Å². The van der Waals surface area contributed by atoms with Crippen LogP contribution in [0.1, 0.15) is 27.6 Å². The molecule has 0 aliphatic rings. The first-order valence-corrected chi connectivity index (χ1v) is 7.77. The maximum absolute atomic E-state index is 12.5. The fourth-order valence-corrected chi connectivity index (χ4v) is 2.46. The van der Waals surface area contributed by atoms with Crippen LogP contribution in [0.25, 0.3) is 5.69 Å². The summed E-state index contributed by atoms with van der Waals surface area (Å²) >= 11 is 5.89. The number of nitrogens with zero attached hydrogens (tertiary/aromatic N) is 4. The van der Waals surface area contributed by atoms with Gasteiger partial charge in [0, 0.05) is 10.6 Å². The minimum Gasteiger partial charge on any atom is -0.451 e. The second-order valence-corrected chi connectivity index (χ2v) is 5.63. The Hall–Kier alpha value is -3.06. The van der Waals surface area contributed by atoms with Crippen LogP contribution < -0.4 is 0 Å². The fourth-order valence-electron chi connectivity index (χ4n) is 2.27. The topological polar surface area (TPSA) is 87.0 Å². The Morgan fingerprint density at radius 2 is 1.96 bits per heavy atom. The van der Waals surface area contributed by atoms with E-state index < -0.39 is 12.1 Å². The number of carbonyl (C=O) groups is 2. The van der Waals surface area contributed by atoms with Gasteiger partial charge in [-0.1, -0.05) is 35.9 Å². The van der Waals surface area contributed by atoms with Crippen molar-refractivity contribution in [3.8, 4) is 5.69 Å². The van der Waals surface area contributed by atoms with Crippen molar-refractivity contribution >= 4 is 23.4 Å². The zero-order valence-electron chi connectivity index (χ0n) is 13.2. The van der Waals surface area contributed by atoms with E-state index in [1.165, 1.54) is 24.0 Å². The predicted octanol–water partition coefficient (Wildman–Crippen LogP) is 2.74. The van der Waals surface area contributed by atoms with Crippen molar-refractivity contribution in [2.75, 3.05) is 0 Å². The Bertz CT molecular complexity index is 912. The highest BCUT2D eigenvalue weighted by Crippen LogP contribution is 2.17. The predicted molar refractivity (Wildman–Crippen MR) is 89.8 cm³/mol. The van der Waals surface area contributed by atoms with E-state index in [0.29, 0.717) is 16.3 Å². The third-order valence-electron chi connectivity index (χ3n) is 3.48. The minimum absolute atomic E-state index is 0.251. The van der Waals surface area contributed by atoms with Gasteiger partial charge >= 0.3 is 5.97 Å². The smallest absolute Gasteiger partial charge is 0.341 e. The van der Waals surface area contributed by atoms with Crippen LogP contribution in [0.15, 0.2) is 54.9 Å². The number of ether oxygens (including phenoxy) is 1. The van der Waals surface area contributed by atoms with Crippen molar-refractivity contribution < 1.29 is 14.3 Å². The van der Waals surface area contributed by atoms with Gasteiger partial charge in [0.25, 0.3) is 0 Å². The highest BCUT2D eigenvalue weighted by Gasteiger charge is 2.22. The summed E-state index contributed by atoms with van der Waals surface area (Å²) in [6.45, 7) is 1.51. The van der Waals surface area contributed by atoms with Crippen LogP contribution in [0.4, 0.5) is 0 Å². The minimum atomic E-state index is -0.965. The lowest BCUT2D eigenvalue weighted by molar-refractivity contribution is 0.0318. The number of benzene rings is 2. The maximum Gasteiger partial charge on any atom is 0.341 e. The molecule has 7 nitrogen and oxygen atoms in total. The third kappa shape index (κ3) is 3.72. The Kier molecular flexibility index (Phi) is 4.85. The highest BCUT2D eigenvalue weighted by atomic mass is 35.5. The molecule has 0 amide bonds. The number of esters is 1. The van der Waals surface area contributed by atoms with Gasteiger partial charge in [0.2, 0.25) is 5.78 Å². The number of rotatable bonds is 5. The Morgan fingerprint density at radius 1 is 1.16 bits per heavy atom. The first-order valence-electron chi connectivity index (χ1n) is 7.39.